The molecule has 4 heteroatoms. The lowest BCUT2D eigenvalue weighted by Gasteiger charge is -2.22. The lowest BCUT2D eigenvalue weighted by atomic mass is 10.1. The molecule has 1 aromatic heterocycles. The molecule has 0 saturated carbocycles. The zero-order chi connectivity index (χ0) is 14.9. The number of hydrogen-bond acceptors (Lipinski definition) is 3. The number of rotatable bonds is 4. The SMILES string of the molecule is CCC(CN(C)C)n1cnc2c(C)c(C)ccc2c1=O. The molecule has 1 heterocycles. The molecule has 0 fully saturated rings. The Kier molecular flexibility index (Phi) is 4.23. The molecule has 0 aliphatic carbocycles. The lowest BCUT2D eigenvalue weighted by Crippen LogP contribution is -2.31. The third-order valence-corrected chi connectivity index (χ3v) is 3.92. The van der Waals surface area contributed by atoms with E-state index < -0.39 is 0 Å². The smallest absolute Gasteiger partial charge is 0.261 e. The number of hydrogen-bond donors (Lipinski definition) is 0. The maximum Gasteiger partial charge on any atom is 0.261 e. The fourth-order valence-electron chi connectivity index (χ4n) is 2.55. The van der Waals surface area contributed by atoms with Gasteiger partial charge in [0.1, 0.15) is 0 Å². The van der Waals surface area contributed by atoms with Gasteiger partial charge < -0.3 is 4.90 Å². The van der Waals surface area contributed by atoms with Crippen molar-refractivity contribution in [3.8, 4) is 0 Å². The summed E-state index contributed by atoms with van der Waals surface area (Å²) in [6.45, 7) is 7.01. The maximum atomic E-state index is 12.7. The zero-order valence-electron chi connectivity index (χ0n) is 13.0. The highest BCUT2D eigenvalue weighted by atomic mass is 16.1. The summed E-state index contributed by atoms with van der Waals surface area (Å²) >= 11 is 0. The minimum atomic E-state index is 0.0619. The molecule has 0 aliphatic rings. The quantitative estimate of drug-likeness (QED) is 0.859. The van der Waals surface area contributed by atoms with E-state index in [-0.39, 0.29) is 11.6 Å². The first-order valence-corrected chi connectivity index (χ1v) is 7.07. The molecule has 0 radical (unpaired) electrons. The highest BCUT2D eigenvalue weighted by Gasteiger charge is 2.14. The molecule has 0 N–H and O–H groups in total. The van der Waals surface area contributed by atoms with Crippen molar-refractivity contribution in [1.82, 2.24) is 14.5 Å². The van der Waals surface area contributed by atoms with Crippen molar-refractivity contribution in [2.75, 3.05) is 20.6 Å². The standard InChI is InChI=1S/C16H23N3O/c1-6-13(9-18(4)5)19-10-17-15-12(3)11(2)7-8-14(15)16(19)20/h7-8,10,13H,6,9H2,1-5H3. The molecule has 0 spiro atoms. The Morgan fingerprint density at radius 3 is 2.60 bits per heavy atom. The van der Waals surface area contributed by atoms with Crippen LogP contribution in [0.4, 0.5) is 0 Å². The van der Waals surface area contributed by atoms with Crippen LogP contribution in [0.5, 0.6) is 0 Å². The number of fused-ring (bicyclic) bond motifs is 1. The number of nitrogens with zero attached hydrogens (tertiary/aromatic N) is 3. The Balaban J connectivity index is 2.60. The second-order valence-corrected chi connectivity index (χ2v) is 5.68. The topological polar surface area (TPSA) is 38.1 Å². The fraction of sp³-hybridized carbons (Fsp3) is 0.500. The largest absolute Gasteiger partial charge is 0.307 e. The molecule has 2 aromatic rings. The van der Waals surface area contributed by atoms with Crippen LogP contribution < -0.4 is 5.56 Å². The molecule has 0 amide bonds. The Bertz CT molecular complexity index is 673. The van der Waals surface area contributed by atoms with Gasteiger partial charge in [0.2, 0.25) is 0 Å². The van der Waals surface area contributed by atoms with Gasteiger partial charge in [-0.1, -0.05) is 13.0 Å². The molecule has 2 rings (SSSR count). The Morgan fingerprint density at radius 1 is 1.30 bits per heavy atom. The van der Waals surface area contributed by atoms with E-state index >= 15 is 0 Å². The van der Waals surface area contributed by atoms with Gasteiger partial charge in [-0.15, -0.1) is 0 Å². The van der Waals surface area contributed by atoms with Gasteiger partial charge in [-0.25, -0.2) is 4.98 Å². The van der Waals surface area contributed by atoms with Crippen molar-refractivity contribution in [3.05, 3.63) is 39.9 Å². The van der Waals surface area contributed by atoms with Crippen molar-refractivity contribution in [2.24, 2.45) is 0 Å². The van der Waals surface area contributed by atoms with Gasteiger partial charge in [0.15, 0.2) is 0 Å². The van der Waals surface area contributed by atoms with Crippen LogP contribution in [-0.4, -0.2) is 35.1 Å². The number of likely N-dealkylation sites (N-methyl/N-ethyl adjacent to an activating group) is 1. The van der Waals surface area contributed by atoms with Crippen molar-refractivity contribution >= 4 is 10.9 Å². The van der Waals surface area contributed by atoms with Crippen molar-refractivity contribution in [2.45, 2.75) is 33.2 Å². The fourth-order valence-corrected chi connectivity index (χ4v) is 2.55. The van der Waals surface area contributed by atoms with E-state index in [0.717, 1.165) is 24.0 Å². The van der Waals surface area contributed by atoms with Gasteiger partial charge in [0.25, 0.3) is 5.56 Å². The van der Waals surface area contributed by atoms with E-state index in [0.29, 0.717) is 5.39 Å². The third-order valence-electron chi connectivity index (χ3n) is 3.92. The van der Waals surface area contributed by atoms with Gasteiger partial charge in [0.05, 0.1) is 23.3 Å². The first-order valence-electron chi connectivity index (χ1n) is 7.07. The first kappa shape index (κ1) is 14.7. The predicted octanol–water partition coefficient (Wildman–Crippen LogP) is 2.53. The van der Waals surface area contributed by atoms with Gasteiger partial charge in [-0.3, -0.25) is 9.36 Å². The van der Waals surface area contributed by atoms with Crippen LogP contribution in [0, 0.1) is 13.8 Å². The average Bonchev–Trinajstić information content (AvgIpc) is 2.41. The number of aryl methyl sites for hydroxylation is 2. The summed E-state index contributed by atoms with van der Waals surface area (Å²) in [5, 5.41) is 0.716. The Morgan fingerprint density at radius 2 is 2.00 bits per heavy atom. The van der Waals surface area contributed by atoms with Crippen LogP contribution in [0.25, 0.3) is 10.9 Å². The van der Waals surface area contributed by atoms with E-state index in [9.17, 15) is 4.79 Å². The molecule has 20 heavy (non-hydrogen) atoms. The van der Waals surface area contributed by atoms with E-state index in [1.54, 1.807) is 10.9 Å². The molecule has 1 atom stereocenters. The highest BCUT2D eigenvalue weighted by molar-refractivity contribution is 5.81. The van der Waals surface area contributed by atoms with Gasteiger partial charge >= 0.3 is 0 Å². The van der Waals surface area contributed by atoms with E-state index in [4.69, 9.17) is 0 Å². The molecule has 4 nitrogen and oxygen atoms in total. The van der Waals surface area contributed by atoms with E-state index in [1.165, 1.54) is 5.56 Å². The second kappa shape index (κ2) is 5.75. The highest BCUT2D eigenvalue weighted by Crippen LogP contribution is 2.18. The average molecular weight is 273 g/mol. The van der Waals surface area contributed by atoms with Crippen molar-refractivity contribution in [3.63, 3.8) is 0 Å². The molecular weight excluding hydrogens is 250 g/mol. The van der Waals surface area contributed by atoms with Crippen LogP contribution >= 0.6 is 0 Å². The van der Waals surface area contributed by atoms with E-state index in [2.05, 4.69) is 16.8 Å². The molecule has 1 aromatic carbocycles. The zero-order valence-corrected chi connectivity index (χ0v) is 13.0. The summed E-state index contributed by atoms with van der Waals surface area (Å²) in [6.07, 6.45) is 2.62. The van der Waals surface area contributed by atoms with Crippen molar-refractivity contribution in [1.29, 1.82) is 0 Å². The Labute approximate surface area is 120 Å². The van der Waals surface area contributed by atoms with E-state index in [1.807, 2.05) is 40.1 Å². The molecular formula is C16H23N3O. The van der Waals surface area contributed by atoms with Crippen LogP contribution in [0.1, 0.15) is 30.5 Å². The lowest BCUT2D eigenvalue weighted by molar-refractivity contribution is 0.311. The van der Waals surface area contributed by atoms with Gasteiger partial charge in [-0.2, -0.15) is 0 Å². The first-order chi connectivity index (χ1) is 9.45. The predicted molar refractivity (Wildman–Crippen MR) is 83.4 cm³/mol. The Hall–Kier alpha value is -1.68. The molecule has 0 saturated heterocycles. The monoisotopic (exact) mass is 273 g/mol. The molecule has 108 valence electrons. The van der Waals surface area contributed by atoms with Crippen molar-refractivity contribution < 1.29 is 0 Å². The summed E-state index contributed by atoms with van der Waals surface area (Å²) in [4.78, 5) is 19.3. The van der Waals surface area contributed by atoms with Gasteiger partial charge in [-0.05, 0) is 51.6 Å². The molecule has 0 aliphatic heterocycles. The van der Waals surface area contributed by atoms with Crippen LogP contribution in [0.15, 0.2) is 23.3 Å². The summed E-state index contributed by atoms with van der Waals surface area (Å²) in [7, 11) is 4.05. The second-order valence-electron chi connectivity index (χ2n) is 5.68. The molecule has 1 unspecified atom stereocenters. The summed E-state index contributed by atoms with van der Waals surface area (Å²) in [6, 6.07) is 4.06. The normalized spacial score (nSPS) is 13.1. The summed E-state index contributed by atoms with van der Waals surface area (Å²) < 4.78 is 1.77. The van der Waals surface area contributed by atoms with Crippen LogP contribution in [0.2, 0.25) is 0 Å². The third kappa shape index (κ3) is 2.61. The summed E-state index contributed by atoms with van der Waals surface area (Å²) in [5.41, 5.74) is 3.15. The summed E-state index contributed by atoms with van der Waals surface area (Å²) in [5.74, 6) is 0. The van der Waals surface area contributed by atoms with Crippen LogP contribution in [0.3, 0.4) is 0 Å². The van der Waals surface area contributed by atoms with Crippen LogP contribution in [-0.2, 0) is 0 Å². The van der Waals surface area contributed by atoms with Gasteiger partial charge in [0, 0.05) is 6.54 Å². The number of benzene rings is 1. The minimum Gasteiger partial charge on any atom is -0.307 e. The molecule has 0 bridgehead atoms. The number of aromatic nitrogens is 2. The minimum absolute atomic E-state index is 0.0619. The maximum absolute atomic E-state index is 12.7.